The molecule has 6 heteroatoms. The van der Waals surface area contributed by atoms with Gasteiger partial charge in [0, 0.05) is 16.9 Å². The van der Waals surface area contributed by atoms with Gasteiger partial charge in [0.15, 0.2) is 0 Å². The topological polar surface area (TPSA) is 95.2 Å². The third kappa shape index (κ3) is 1.59. The molecule has 0 radical (unpaired) electrons. The van der Waals surface area contributed by atoms with Gasteiger partial charge in [-0.1, -0.05) is 17.4 Å². The minimum Gasteiger partial charge on any atom is -0.398 e. The van der Waals surface area contributed by atoms with Crippen molar-refractivity contribution in [3.05, 3.63) is 39.8 Å². The van der Waals surface area contributed by atoms with E-state index in [2.05, 4.69) is 0 Å². The SMILES string of the molecule is Nc1cccc(N)c1-c1ccsc1[N+](=O)[O-]. The molecule has 0 unspecified atom stereocenters. The molecule has 0 fully saturated rings. The Balaban J connectivity index is 2.68. The molecule has 0 spiro atoms. The first-order valence-electron chi connectivity index (χ1n) is 4.47. The van der Waals surface area contributed by atoms with Gasteiger partial charge in [0.25, 0.3) is 0 Å². The van der Waals surface area contributed by atoms with E-state index < -0.39 is 4.92 Å². The van der Waals surface area contributed by atoms with Gasteiger partial charge in [0.1, 0.15) is 0 Å². The van der Waals surface area contributed by atoms with Crippen molar-refractivity contribution in [3.8, 4) is 11.1 Å². The summed E-state index contributed by atoms with van der Waals surface area (Å²) in [6, 6.07) is 6.72. The fourth-order valence-corrected chi connectivity index (χ4v) is 2.25. The normalized spacial score (nSPS) is 10.2. The first-order chi connectivity index (χ1) is 7.61. The molecule has 0 amide bonds. The Kier molecular flexibility index (Phi) is 2.49. The molecule has 16 heavy (non-hydrogen) atoms. The van der Waals surface area contributed by atoms with Crippen LogP contribution in [0.4, 0.5) is 16.4 Å². The number of anilines is 2. The number of nitro groups is 1. The lowest BCUT2D eigenvalue weighted by molar-refractivity contribution is -0.379. The van der Waals surface area contributed by atoms with Crippen LogP contribution in [-0.4, -0.2) is 4.92 Å². The van der Waals surface area contributed by atoms with E-state index in [-0.39, 0.29) is 5.00 Å². The smallest absolute Gasteiger partial charge is 0.332 e. The minimum absolute atomic E-state index is 0.0598. The first kappa shape index (κ1) is 10.4. The number of hydrogen-bond acceptors (Lipinski definition) is 5. The molecule has 2 aromatic rings. The molecule has 5 nitrogen and oxygen atoms in total. The zero-order valence-corrected chi connectivity index (χ0v) is 9.03. The standard InChI is InChI=1S/C10H9N3O2S/c11-7-2-1-3-8(12)9(7)6-4-5-16-10(6)13(14)15/h1-5H,11-12H2. The lowest BCUT2D eigenvalue weighted by Crippen LogP contribution is -1.97. The Morgan fingerprint density at radius 3 is 2.38 bits per heavy atom. The first-order valence-corrected chi connectivity index (χ1v) is 5.35. The molecular weight excluding hydrogens is 226 g/mol. The van der Waals surface area contributed by atoms with Gasteiger partial charge in [0.2, 0.25) is 0 Å². The predicted molar refractivity (Wildman–Crippen MR) is 65.2 cm³/mol. The fraction of sp³-hybridized carbons (Fsp3) is 0. The molecule has 1 heterocycles. The Bertz CT molecular complexity index is 530. The molecule has 1 aromatic carbocycles. The third-order valence-corrected chi connectivity index (χ3v) is 3.07. The van der Waals surface area contributed by atoms with E-state index in [0.29, 0.717) is 22.5 Å². The second-order valence-corrected chi connectivity index (χ2v) is 4.10. The van der Waals surface area contributed by atoms with Crippen LogP contribution in [-0.2, 0) is 0 Å². The molecule has 0 saturated carbocycles. The average Bonchev–Trinajstić information content (AvgIpc) is 2.66. The largest absolute Gasteiger partial charge is 0.398 e. The average molecular weight is 235 g/mol. The maximum Gasteiger partial charge on any atom is 0.332 e. The van der Waals surface area contributed by atoms with Crippen molar-refractivity contribution in [2.75, 3.05) is 11.5 Å². The van der Waals surface area contributed by atoms with Gasteiger partial charge >= 0.3 is 5.00 Å². The molecule has 0 aliphatic heterocycles. The van der Waals surface area contributed by atoms with Crippen molar-refractivity contribution in [3.63, 3.8) is 0 Å². The Morgan fingerprint density at radius 2 is 1.81 bits per heavy atom. The molecule has 2 rings (SSSR count). The van der Waals surface area contributed by atoms with E-state index in [1.54, 1.807) is 29.6 Å². The third-order valence-electron chi connectivity index (χ3n) is 2.21. The van der Waals surface area contributed by atoms with Crippen LogP contribution in [0.15, 0.2) is 29.6 Å². The summed E-state index contributed by atoms with van der Waals surface area (Å²) in [5.41, 5.74) is 13.5. The van der Waals surface area contributed by atoms with Crippen LogP contribution in [0.1, 0.15) is 0 Å². The van der Waals surface area contributed by atoms with E-state index in [1.165, 1.54) is 0 Å². The van der Waals surface area contributed by atoms with Crippen LogP contribution in [0.25, 0.3) is 11.1 Å². The lowest BCUT2D eigenvalue weighted by atomic mass is 10.0. The maximum absolute atomic E-state index is 10.8. The minimum atomic E-state index is -0.425. The van der Waals surface area contributed by atoms with Crippen LogP contribution in [0, 0.1) is 10.1 Å². The predicted octanol–water partition coefficient (Wildman–Crippen LogP) is 2.49. The number of nitrogen functional groups attached to an aromatic ring is 2. The van der Waals surface area contributed by atoms with Crippen molar-refractivity contribution < 1.29 is 4.92 Å². The van der Waals surface area contributed by atoms with Crippen molar-refractivity contribution in [2.24, 2.45) is 0 Å². The van der Waals surface area contributed by atoms with Crippen LogP contribution >= 0.6 is 11.3 Å². The van der Waals surface area contributed by atoms with E-state index in [1.807, 2.05) is 0 Å². The highest BCUT2D eigenvalue weighted by atomic mass is 32.1. The number of thiophene rings is 1. The quantitative estimate of drug-likeness (QED) is 0.475. The molecule has 0 saturated heterocycles. The van der Waals surface area contributed by atoms with Crippen LogP contribution < -0.4 is 11.5 Å². The van der Waals surface area contributed by atoms with E-state index in [0.717, 1.165) is 11.3 Å². The highest BCUT2D eigenvalue weighted by Gasteiger charge is 2.20. The number of nitrogens with two attached hydrogens (primary N) is 2. The summed E-state index contributed by atoms with van der Waals surface area (Å²) in [5, 5.41) is 12.5. The Hall–Kier alpha value is -2.08. The van der Waals surface area contributed by atoms with E-state index in [4.69, 9.17) is 11.5 Å². The van der Waals surface area contributed by atoms with Gasteiger partial charge in [0.05, 0.1) is 10.5 Å². The highest BCUT2D eigenvalue weighted by Crippen LogP contribution is 2.40. The van der Waals surface area contributed by atoms with E-state index >= 15 is 0 Å². The van der Waals surface area contributed by atoms with Crippen LogP contribution in [0.3, 0.4) is 0 Å². The van der Waals surface area contributed by atoms with Crippen molar-refractivity contribution >= 4 is 27.7 Å². The summed E-state index contributed by atoms with van der Waals surface area (Å²) in [4.78, 5) is 10.4. The van der Waals surface area contributed by atoms with Gasteiger partial charge in [-0.2, -0.15) is 0 Å². The number of nitrogens with zero attached hydrogens (tertiary/aromatic N) is 1. The van der Waals surface area contributed by atoms with Crippen molar-refractivity contribution in [2.45, 2.75) is 0 Å². The second-order valence-electron chi connectivity index (χ2n) is 3.21. The molecule has 0 aliphatic rings. The number of rotatable bonds is 2. The fourth-order valence-electron chi connectivity index (χ4n) is 1.53. The molecule has 4 N–H and O–H groups in total. The summed E-state index contributed by atoms with van der Waals surface area (Å²) in [5.74, 6) is 0. The van der Waals surface area contributed by atoms with Gasteiger partial charge in [-0.25, -0.2) is 0 Å². The zero-order valence-electron chi connectivity index (χ0n) is 8.21. The van der Waals surface area contributed by atoms with Crippen molar-refractivity contribution in [1.29, 1.82) is 0 Å². The Labute approximate surface area is 95.5 Å². The zero-order chi connectivity index (χ0) is 11.7. The van der Waals surface area contributed by atoms with E-state index in [9.17, 15) is 10.1 Å². The number of benzene rings is 1. The van der Waals surface area contributed by atoms with Crippen LogP contribution in [0.2, 0.25) is 0 Å². The molecule has 1 aromatic heterocycles. The maximum atomic E-state index is 10.8. The summed E-state index contributed by atoms with van der Waals surface area (Å²) < 4.78 is 0. The monoisotopic (exact) mass is 235 g/mol. The lowest BCUT2D eigenvalue weighted by Gasteiger charge is -2.06. The molecule has 0 atom stereocenters. The summed E-state index contributed by atoms with van der Waals surface area (Å²) in [6.45, 7) is 0. The molecule has 0 aliphatic carbocycles. The van der Waals surface area contributed by atoms with Crippen molar-refractivity contribution in [1.82, 2.24) is 0 Å². The van der Waals surface area contributed by atoms with Gasteiger partial charge < -0.3 is 11.5 Å². The molecule has 82 valence electrons. The molecular formula is C10H9N3O2S. The molecule has 0 bridgehead atoms. The number of hydrogen-bond donors (Lipinski definition) is 2. The van der Waals surface area contributed by atoms with Gasteiger partial charge in [-0.05, 0) is 23.6 Å². The summed E-state index contributed by atoms with van der Waals surface area (Å²) in [6.07, 6.45) is 0. The highest BCUT2D eigenvalue weighted by molar-refractivity contribution is 7.14. The Morgan fingerprint density at radius 1 is 1.19 bits per heavy atom. The van der Waals surface area contributed by atoms with Crippen LogP contribution in [0.5, 0.6) is 0 Å². The summed E-state index contributed by atoms with van der Waals surface area (Å²) >= 11 is 1.06. The summed E-state index contributed by atoms with van der Waals surface area (Å²) in [7, 11) is 0. The van der Waals surface area contributed by atoms with Gasteiger partial charge in [-0.3, -0.25) is 10.1 Å². The van der Waals surface area contributed by atoms with Gasteiger partial charge in [-0.15, -0.1) is 0 Å². The second kappa shape index (κ2) is 3.82.